The Morgan fingerprint density at radius 2 is 2.25 bits per heavy atom. The fourth-order valence-electron chi connectivity index (χ4n) is 1.52. The molecule has 2 aromatic rings. The molecule has 0 saturated heterocycles. The number of thiazole rings is 1. The number of nitrogens with one attached hydrogen (secondary N) is 1. The van der Waals surface area contributed by atoms with Crippen LogP contribution >= 0.6 is 11.3 Å². The van der Waals surface area contributed by atoms with E-state index in [-0.39, 0.29) is 18.5 Å². The van der Waals surface area contributed by atoms with Crippen molar-refractivity contribution in [2.45, 2.75) is 12.5 Å². The minimum absolute atomic E-state index is 0.0575. The highest BCUT2D eigenvalue weighted by Crippen LogP contribution is 2.05. The minimum Gasteiger partial charge on any atom is -0.479 e. The molecule has 0 aliphatic carbocycles. The van der Waals surface area contributed by atoms with E-state index in [9.17, 15) is 14.4 Å². The maximum atomic E-state index is 12.0. The van der Waals surface area contributed by atoms with Gasteiger partial charge in [-0.05, 0) is 0 Å². The van der Waals surface area contributed by atoms with Crippen LogP contribution in [-0.4, -0.2) is 44.1 Å². The van der Waals surface area contributed by atoms with Gasteiger partial charge in [0.05, 0.1) is 0 Å². The molecule has 2 aromatic heterocycles. The lowest BCUT2D eigenvalue weighted by Gasteiger charge is -2.07. The van der Waals surface area contributed by atoms with Crippen molar-refractivity contribution in [3.8, 4) is 0 Å². The van der Waals surface area contributed by atoms with E-state index in [2.05, 4.69) is 10.3 Å². The molecule has 8 nitrogen and oxygen atoms in total. The highest BCUT2D eigenvalue weighted by molar-refractivity contribution is 7.15. The summed E-state index contributed by atoms with van der Waals surface area (Å²) in [5, 5.41) is 21.6. The van der Waals surface area contributed by atoms with Crippen molar-refractivity contribution in [1.29, 1.82) is 0 Å². The summed E-state index contributed by atoms with van der Waals surface area (Å²) in [6.45, 7) is -0.0575. The lowest BCUT2D eigenvalue weighted by Crippen LogP contribution is -2.34. The first kappa shape index (κ1) is 14.2. The normalized spacial score (nSPS) is 12.2. The third-order valence-corrected chi connectivity index (χ3v) is 3.35. The van der Waals surface area contributed by atoms with E-state index in [4.69, 9.17) is 10.2 Å². The molecule has 0 unspecified atom stereocenters. The number of aliphatic hydroxyl groups excluding tert-OH is 1. The summed E-state index contributed by atoms with van der Waals surface area (Å²) in [5.41, 5.74) is -0.627. The highest BCUT2D eigenvalue weighted by atomic mass is 32.1. The average Bonchev–Trinajstić information content (AvgIpc) is 2.87. The number of hydrogen-bond donors (Lipinski definition) is 3. The topological polar surface area (TPSA) is 121 Å². The van der Waals surface area contributed by atoms with Crippen molar-refractivity contribution in [2.75, 3.05) is 6.54 Å². The molecule has 20 heavy (non-hydrogen) atoms. The Bertz CT molecular complexity index is 707. The van der Waals surface area contributed by atoms with Gasteiger partial charge in [-0.2, -0.15) is 0 Å². The fourth-order valence-corrected chi connectivity index (χ4v) is 2.20. The summed E-state index contributed by atoms with van der Waals surface area (Å²) in [6.07, 6.45) is 1.00. The van der Waals surface area contributed by atoms with Crippen molar-refractivity contribution in [3.63, 3.8) is 0 Å². The second-order valence-electron chi connectivity index (χ2n) is 3.93. The Labute approximate surface area is 116 Å². The number of carbonyl (C=O) groups excluding carboxylic acids is 1. The highest BCUT2D eigenvalue weighted by Gasteiger charge is 2.16. The largest absolute Gasteiger partial charge is 0.479 e. The Kier molecular flexibility index (Phi) is 4.11. The van der Waals surface area contributed by atoms with E-state index in [1.54, 1.807) is 5.38 Å². The zero-order chi connectivity index (χ0) is 14.7. The van der Waals surface area contributed by atoms with Crippen molar-refractivity contribution < 1.29 is 19.8 Å². The third kappa shape index (κ3) is 2.83. The zero-order valence-electron chi connectivity index (χ0n) is 10.1. The van der Waals surface area contributed by atoms with Gasteiger partial charge < -0.3 is 15.5 Å². The number of aliphatic carboxylic acids is 1. The molecule has 0 radical (unpaired) electrons. The SMILES string of the molecule is O=C(NCC[C@H](O)C(=O)O)c1cnc2sccn2c1=O. The molecule has 2 rings (SSSR count). The molecule has 0 saturated carbocycles. The van der Waals surface area contributed by atoms with Crippen molar-refractivity contribution in [3.05, 3.63) is 33.7 Å². The Morgan fingerprint density at radius 1 is 1.50 bits per heavy atom. The Morgan fingerprint density at radius 3 is 2.95 bits per heavy atom. The van der Waals surface area contributed by atoms with Crippen LogP contribution in [-0.2, 0) is 4.79 Å². The first-order valence-electron chi connectivity index (χ1n) is 5.64. The van der Waals surface area contributed by atoms with Gasteiger partial charge in [-0.25, -0.2) is 9.78 Å². The van der Waals surface area contributed by atoms with Crippen LogP contribution in [0.3, 0.4) is 0 Å². The van der Waals surface area contributed by atoms with Crippen LogP contribution in [0.5, 0.6) is 0 Å². The number of amides is 1. The van der Waals surface area contributed by atoms with E-state index < -0.39 is 23.5 Å². The molecule has 0 spiro atoms. The molecule has 0 bridgehead atoms. The molecule has 9 heteroatoms. The van der Waals surface area contributed by atoms with Crippen molar-refractivity contribution in [1.82, 2.24) is 14.7 Å². The number of aromatic nitrogens is 2. The molecule has 0 fully saturated rings. The molecule has 0 aliphatic heterocycles. The van der Waals surface area contributed by atoms with Crippen molar-refractivity contribution >= 4 is 28.2 Å². The van der Waals surface area contributed by atoms with Gasteiger partial charge in [0.15, 0.2) is 11.1 Å². The van der Waals surface area contributed by atoms with Gasteiger partial charge >= 0.3 is 5.97 Å². The van der Waals surface area contributed by atoms with Crippen LogP contribution < -0.4 is 10.9 Å². The van der Waals surface area contributed by atoms with Gasteiger partial charge in [0.1, 0.15) is 5.56 Å². The summed E-state index contributed by atoms with van der Waals surface area (Å²) < 4.78 is 1.26. The van der Waals surface area contributed by atoms with Gasteiger partial charge in [0.25, 0.3) is 11.5 Å². The molecule has 106 valence electrons. The number of carboxylic acid groups (broad SMARTS) is 1. The van der Waals surface area contributed by atoms with E-state index in [0.29, 0.717) is 4.96 Å². The molecular weight excluding hydrogens is 286 g/mol. The summed E-state index contributed by atoms with van der Waals surface area (Å²) in [7, 11) is 0. The number of rotatable bonds is 5. The number of carboxylic acids is 1. The predicted octanol–water partition coefficient (Wildman–Crippen LogP) is -0.679. The smallest absolute Gasteiger partial charge is 0.332 e. The maximum absolute atomic E-state index is 12.0. The minimum atomic E-state index is -1.55. The maximum Gasteiger partial charge on any atom is 0.332 e. The summed E-state index contributed by atoms with van der Waals surface area (Å²) >= 11 is 1.27. The van der Waals surface area contributed by atoms with Gasteiger partial charge in [-0.15, -0.1) is 11.3 Å². The predicted molar refractivity (Wildman–Crippen MR) is 69.9 cm³/mol. The van der Waals surface area contributed by atoms with Crippen LogP contribution in [0.1, 0.15) is 16.8 Å². The monoisotopic (exact) mass is 297 g/mol. The number of carbonyl (C=O) groups is 2. The van der Waals surface area contributed by atoms with E-state index >= 15 is 0 Å². The van der Waals surface area contributed by atoms with Crippen LogP contribution in [0.25, 0.3) is 4.96 Å². The quantitative estimate of drug-likeness (QED) is 0.672. The molecule has 0 aromatic carbocycles. The molecule has 2 heterocycles. The second-order valence-corrected chi connectivity index (χ2v) is 4.80. The molecule has 0 aliphatic rings. The van der Waals surface area contributed by atoms with Crippen LogP contribution in [0.4, 0.5) is 0 Å². The summed E-state index contributed by atoms with van der Waals surface area (Å²) in [5.74, 6) is -2.01. The number of hydrogen-bond acceptors (Lipinski definition) is 6. The second kappa shape index (κ2) is 5.80. The van der Waals surface area contributed by atoms with Gasteiger partial charge in [-0.3, -0.25) is 14.0 Å². The molecule has 3 N–H and O–H groups in total. The Balaban J connectivity index is 2.06. The van der Waals surface area contributed by atoms with Crippen LogP contribution in [0.15, 0.2) is 22.6 Å². The number of aliphatic hydroxyl groups is 1. The molecular formula is C11H11N3O5S. The molecule has 1 amide bonds. The van der Waals surface area contributed by atoms with E-state index in [0.717, 1.165) is 0 Å². The lowest BCUT2D eigenvalue weighted by molar-refractivity contribution is -0.146. The lowest BCUT2D eigenvalue weighted by atomic mass is 10.2. The summed E-state index contributed by atoms with van der Waals surface area (Å²) in [6, 6.07) is 0. The first-order chi connectivity index (χ1) is 9.50. The standard InChI is InChI=1S/C11H11N3O5S/c15-7(10(18)19)1-2-12-8(16)6-5-13-11-14(9(6)17)3-4-20-11/h3-5,7,15H,1-2H2,(H,12,16)(H,18,19)/t7-/m0/s1. The van der Waals surface area contributed by atoms with Crippen LogP contribution in [0, 0.1) is 0 Å². The summed E-state index contributed by atoms with van der Waals surface area (Å²) in [4.78, 5) is 38.6. The van der Waals surface area contributed by atoms with Gasteiger partial charge in [0.2, 0.25) is 0 Å². The van der Waals surface area contributed by atoms with E-state index in [1.807, 2.05) is 0 Å². The van der Waals surface area contributed by atoms with Gasteiger partial charge in [0, 0.05) is 30.7 Å². The van der Waals surface area contributed by atoms with Gasteiger partial charge in [-0.1, -0.05) is 0 Å². The van der Waals surface area contributed by atoms with E-state index in [1.165, 1.54) is 28.1 Å². The molecule has 1 atom stereocenters. The number of nitrogens with zero attached hydrogens (tertiary/aromatic N) is 2. The van der Waals surface area contributed by atoms with Crippen LogP contribution in [0.2, 0.25) is 0 Å². The third-order valence-electron chi connectivity index (χ3n) is 2.58. The van der Waals surface area contributed by atoms with Crippen molar-refractivity contribution in [2.24, 2.45) is 0 Å². The first-order valence-corrected chi connectivity index (χ1v) is 6.52. The zero-order valence-corrected chi connectivity index (χ0v) is 11.0. The Hall–Kier alpha value is -2.26. The number of fused-ring (bicyclic) bond motifs is 1. The fraction of sp³-hybridized carbons (Fsp3) is 0.273. The average molecular weight is 297 g/mol.